The summed E-state index contributed by atoms with van der Waals surface area (Å²) in [7, 11) is 0. The third-order valence-electron chi connectivity index (χ3n) is 3.34. The number of ether oxygens (including phenoxy) is 2. The van der Waals surface area contributed by atoms with Gasteiger partial charge in [0, 0.05) is 36.0 Å². The Morgan fingerprint density at radius 3 is 2.29 bits per heavy atom. The van der Waals surface area contributed by atoms with E-state index in [1.165, 1.54) is 24.3 Å². The molecular formula is C16H15N3O5. The molecule has 1 aliphatic rings. The monoisotopic (exact) mass is 329 g/mol. The van der Waals surface area contributed by atoms with Gasteiger partial charge < -0.3 is 20.1 Å². The van der Waals surface area contributed by atoms with Gasteiger partial charge in [0.05, 0.1) is 18.1 Å². The number of hydrogen-bond donors (Lipinski definition) is 2. The lowest BCUT2D eigenvalue weighted by Gasteiger charge is -2.11. The van der Waals surface area contributed by atoms with Gasteiger partial charge >= 0.3 is 6.03 Å². The smallest absolute Gasteiger partial charge is 0.323 e. The Morgan fingerprint density at radius 1 is 0.958 bits per heavy atom. The lowest BCUT2D eigenvalue weighted by atomic mass is 10.2. The van der Waals surface area contributed by atoms with Crippen molar-refractivity contribution in [1.82, 2.24) is 0 Å². The van der Waals surface area contributed by atoms with Gasteiger partial charge in [0.25, 0.3) is 5.69 Å². The van der Waals surface area contributed by atoms with Crippen LogP contribution in [0.3, 0.4) is 0 Å². The van der Waals surface area contributed by atoms with Crippen LogP contribution in [0.15, 0.2) is 42.5 Å². The quantitative estimate of drug-likeness (QED) is 0.663. The minimum absolute atomic E-state index is 0.0381. The summed E-state index contributed by atoms with van der Waals surface area (Å²) in [6, 6.07) is 10.3. The second kappa shape index (κ2) is 6.86. The first-order valence-corrected chi connectivity index (χ1v) is 7.34. The minimum atomic E-state index is -0.498. The van der Waals surface area contributed by atoms with Gasteiger partial charge in [-0.25, -0.2) is 4.79 Å². The van der Waals surface area contributed by atoms with Crippen LogP contribution in [-0.2, 0) is 0 Å². The van der Waals surface area contributed by atoms with E-state index in [9.17, 15) is 14.9 Å². The Labute approximate surface area is 137 Å². The molecule has 0 spiro atoms. The van der Waals surface area contributed by atoms with Crippen molar-refractivity contribution in [3.63, 3.8) is 0 Å². The number of amides is 2. The number of nitro groups is 1. The Bertz CT molecular complexity index is 761. The Kier molecular flexibility index (Phi) is 4.46. The highest BCUT2D eigenvalue weighted by Crippen LogP contribution is 2.32. The summed E-state index contributed by atoms with van der Waals surface area (Å²) in [6.45, 7) is 1.16. The maximum absolute atomic E-state index is 12.0. The number of fused-ring (bicyclic) bond motifs is 1. The number of rotatable bonds is 3. The van der Waals surface area contributed by atoms with Gasteiger partial charge in [-0.15, -0.1) is 0 Å². The van der Waals surface area contributed by atoms with Crippen LogP contribution in [0.1, 0.15) is 6.42 Å². The molecule has 0 aromatic heterocycles. The number of non-ortho nitro benzene ring substituents is 1. The topological polar surface area (TPSA) is 103 Å². The summed E-state index contributed by atoms with van der Waals surface area (Å²) >= 11 is 0. The molecule has 2 aromatic rings. The first kappa shape index (κ1) is 15.6. The summed E-state index contributed by atoms with van der Waals surface area (Å²) in [5, 5.41) is 15.9. The fraction of sp³-hybridized carbons (Fsp3) is 0.188. The second-order valence-electron chi connectivity index (χ2n) is 5.10. The normalized spacial score (nSPS) is 12.8. The van der Waals surface area contributed by atoms with E-state index in [0.717, 1.165) is 6.42 Å². The molecule has 1 heterocycles. The molecule has 0 aliphatic carbocycles. The highest BCUT2D eigenvalue weighted by atomic mass is 16.6. The summed E-state index contributed by atoms with van der Waals surface area (Å²) < 4.78 is 11.1. The van der Waals surface area contributed by atoms with Crippen LogP contribution in [0, 0.1) is 10.1 Å². The van der Waals surface area contributed by atoms with Gasteiger partial charge in [0.2, 0.25) is 0 Å². The summed E-state index contributed by atoms with van der Waals surface area (Å²) in [5.41, 5.74) is 0.968. The molecule has 0 saturated carbocycles. The van der Waals surface area contributed by atoms with Crippen molar-refractivity contribution in [1.29, 1.82) is 0 Å². The molecule has 0 saturated heterocycles. The third kappa shape index (κ3) is 3.72. The Balaban J connectivity index is 1.64. The molecule has 0 atom stereocenters. The van der Waals surface area contributed by atoms with Gasteiger partial charge in [-0.3, -0.25) is 10.1 Å². The molecule has 8 heteroatoms. The van der Waals surface area contributed by atoms with E-state index in [2.05, 4.69) is 10.6 Å². The number of nitrogens with zero attached hydrogens (tertiary/aromatic N) is 1. The van der Waals surface area contributed by atoms with Gasteiger partial charge in [-0.05, 0) is 24.3 Å². The molecular weight excluding hydrogens is 314 g/mol. The van der Waals surface area contributed by atoms with Crippen molar-refractivity contribution in [2.75, 3.05) is 23.8 Å². The molecule has 2 N–H and O–H groups in total. The standard InChI is InChI=1S/C16H15N3O5/c20-16(17-11-2-5-13(6-3-11)19(21)22)18-12-4-7-14-15(10-12)24-9-1-8-23-14/h2-7,10H,1,8-9H2,(H2,17,18,20). The lowest BCUT2D eigenvalue weighted by Crippen LogP contribution is -2.19. The second-order valence-corrected chi connectivity index (χ2v) is 5.10. The van der Waals surface area contributed by atoms with Crippen LogP contribution in [0.25, 0.3) is 0 Å². The van der Waals surface area contributed by atoms with Crippen molar-refractivity contribution >= 4 is 23.1 Å². The third-order valence-corrected chi connectivity index (χ3v) is 3.34. The molecule has 2 aromatic carbocycles. The van der Waals surface area contributed by atoms with Crippen LogP contribution < -0.4 is 20.1 Å². The zero-order valence-electron chi connectivity index (χ0n) is 12.7. The molecule has 0 unspecified atom stereocenters. The molecule has 0 radical (unpaired) electrons. The van der Waals surface area contributed by atoms with E-state index in [-0.39, 0.29) is 5.69 Å². The number of anilines is 2. The fourth-order valence-corrected chi connectivity index (χ4v) is 2.20. The van der Waals surface area contributed by atoms with E-state index in [4.69, 9.17) is 9.47 Å². The van der Waals surface area contributed by atoms with E-state index in [0.29, 0.717) is 36.1 Å². The van der Waals surface area contributed by atoms with Crippen molar-refractivity contribution in [3.05, 3.63) is 52.6 Å². The Morgan fingerprint density at radius 2 is 1.58 bits per heavy atom. The van der Waals surface area contributed by atoms with Crippen molar-refractivity contribution in [2.45, 2.75) is 6.42 Å². The van der Waals surface area contributed by atoms with E-state index in [1.807, 2.05) is 0 Å². The van der Waals surface area contributed by atoms with Crippen molar-refractivity contribution < 1.29 is 19.2 Å². The predicted molar refractivity (Wildman–Crippen MR) is 87.8 cm³/mol. The van der Waals surface area contributed by atoms with Crippen LogP contribution in [0.2, 0.25) is 0 Å². The SMILES string of the molecule is O=C(Nc1ccc([N+](=O)[O-])cc1)Nc1ccc2c(c1)OCCCO2. The lowest BCUT2D eigenvalue weighted by molar-refractivity contribution is -0.384. The number of carbonyl (C=O) groups is 1. The largest absolute Gasteiger partial charge is 0.490 e. The van der Waals surface area contributed by atoms with E-state index in [1.54, 1.807) is 18.2 Å². The number of hydrogen-bond acceptors (Lipinski definition) is 5. The molecule has 1 aliphatic heterocycles. The molecule has 124 valence electrons. The van der Waals surface area contributed by atoms with E-state index < -0.39 is 11.0 Å². The highest BCUT2D eigenvalue weighted by molar-refractivity contribution is 6.00. The van der Waals surface area contributed by atoms with Gasteiger partial charge in [0.15, 0.2) is 11.5 Å². The summed E-state index contributed by atoms with van der Waals surface area (Å²) in [6.07, 6.45) is 0.804. The minimum Gasteiger partial charge on any atom is -0.490 e. The number of nitro benzene ring substituents is 1. The fourth-order valence-electron chi connectivity index (χ4n) is 2.20. The molecule has 2 amide bonds. The van der Waals surface area contributed by atoms with Crippen LogP contribution in [-0.4, -0.2) is 24.2 Å². The summed E-state index contributed by atoms with van der Waals surface area (Å²) in [4.78, 5) is 22.1. The maximum Gasteiger partial charge on any atom is 0.323 e. The number of carbonyl (C=O) groups excluding carboxylic acids is 1. The van der Waals surface area contributed by atoms with Crippen molar-refractivity contribution in [3.8, 4) is 11.5 Å². The van der Waals surface area contributed by atoms with Crippen LogP contribution in [0.4, 0.5) is 21.9 Å². The summed E-state index contributed by atoms with van der Waals surface area (Å²) in [5.74, 6) is 1.23. The molecule has 0 bridgehead atoms. The van der Waals surface area contributed by atoms with Gasteiger partial charge in [-0.1, -0.05) is 0 Å². The van der Waals surface area contributed by atoms with E-state index >= 15 is 0 Å². The zero-order valence-corrected chi connectivity index (χ0v) is 12.7. The molecule has 8 nitrogen and oxygen atoms in total. The molecule has 3 rings (SSSR count). The van der Waals surface area contributed by atoms with Crippen LogP contribution in [0.5, 0.6) is 11.5 Å². The Hall–Kier alpha value is -3.29. The first-order valence-electron chi connectivity index (χ1n) is 7.34. The molecule has 0 fully saturated rings. The zero-order chi connectivity index (χ0) is 16.9. The number of urea groups is 1. The first-order chi connectivity index (χ1) is 11.6. The predicted octanol–water partition coefficient (Wildman–Crippen LogP) is 3.40. The van der Waals surface area contributed by atoms with Crippen molar-refractivity contribution in [2.24, 2.45) is 0 Å². The average Bonchev–Trinajstić information content (AvgIpc) is 2.80. The van der Waals surface area contributed by atoms with Gasteiger partial charge in [-0.2, -0.15) is 0 Å². The highest BCUT2D eigenvalue weighted by Gasteiger charge is 2.12. The molecule has 24 heavy (non-hydrogen) atoms. The number of benzene rings is 2. The number of nitrogens with one attached hydrogen (secondary N) is 2. The maximum atomic E-state index is 12.0. The van der Waals surface area contributed by atoms with Gasteiger partial charge in [0.1, 0.15) is 0 Å². The average molecular weight is 329 g/mol. The van der Waals surface area contributed by atoms with Crippen LogP contribution >= 0.6 is 0 Å².